The van der Waals surface area contributed by atoms with Crippen molar-refractivity contribution in [2.45, 2.75) is 19.9 Å². The van der Waals surface area contributed by atoms with Gasteiger partial charge in [0.2, 0.25) is 6.04 Å². The van der Waals surface area contributed by atoms with E-state index in [0.717, 1.165) is 0 Å². The predicted molar refractivity (Wildman–Crippen MR) is 57.0 cm³/mol. The third kappa shape index (κ3) is 2.10. The molecule has 0 aromatic carbocycles. The van der Waals surface area contributed by atoms with Crippen LogP contribution >= 0.6 is 23.2 Å². The van der Waals surface area contributed by atoms with Gasteiger partial charge in [-0.05, 0) is 5.57 Å². The van der Waals surface area contributed by atoms with Gasteiger partial charge in [0.15, 0.2) is 0 Å². The normalized spacial score (nSPS) is 31.7. The third-order valence-electron chi connectivity index (χ3n) is 2.58. The molecule has 0 aromatic heterocycles. The van der Waals surface area contributed by atoms with Crippen molar-refractivity contribution < 1.29 is 4.92 Å². The van der Waals surface area contributed by atoms with Crippen LogP contribution in [0, 0.1) is 22.0 Å². The molecule has 1 aliphatic rings. The smallest absolute Gasteiger partial charge is 0.225 e. The summed E-state index contributed by atoms with van der Waals surface area (Å²) in [6.07, 6.45) is 3.54. The summed E-state index contributed by atoms with van der Waals surface area (Å²) in [6.45, 7) is 3.59. The lowest BCUT2D eigenvalue weighted by molar-refractivity contribution is -0.536. The molecule has 14 heavy (non-hydrogen) atoms. The molecular weight excluding hydrogens is 225 g/mol. The van der Waals surface area contributed by atoms with E-state index >= 15 is 0 Å². The summed E-state index contributed by atoms with van der Waals surface area (Å²) >= 11 is 11.3. The van der Waals surface area contributed by atoms with Crippen molar-refractivity contribution in [2.24, 2.45) is 11.8 Å². The fraction of sp³-hybridized carbons (Fsp3) is 0.556. The Morgan fingerprint density at radius 1 is 1.50 bits per heavy atom. The Balaban J connectivity index is 3.08. The van der Waals surface area contributed by atoms with Crippen LogP contribution in [0.5, 0.6) is 0 Å². The highest BCUT2D eigenvalue weighted by Crippen LogP contribution is 2.33. The van der Waals surface area contributed by atoms with Gasteiger partial charge >= 0.3 is 0 Å². The SMILES string of the molecule is C[C@@H]1C(=C(Cl)Cl)C=C[C@H](C)[C@@H]1[N+](=O)[O-]. The summed E-state index contributed by atoms with van der Waals surface area (Å²) in [5, 5.41) is 10.8. The van der Waals surface area contributed by atoms with E-state index in [2.05, 4.69) is 0 Å². The van der Waals surface area contributed by atoms with Gasteiger partial charge in [-0.1, -0.05) is 49.2 Å². The van der Waals surface area contributed by atoms with Crippen LogP contribution in [0.25, 0.3) is 0 Å². The maximum atomic E-state index is 10.8. The van der Waals surface area contributed by atoms with Crippen molar-refractivity contribution in [1.82, 2.24) is 0 Å². The van der Waals surface area contributed by atoms with Gasteiger partial charge in [-0.2, -0.15) is 0 Å². The van der Waals surface area contributed by atoms with Crippen LogP contribution in [0.1, 0.15) is 13.8 Å². The van der Waals surface area contributed by atoms with Crippen LogP contribution in [0.4, 0.5) is 0 Å². The van der Waals surface area contributed by atoms with Crippen molar-refractivity contribution in [1.29, 1.82) is 0 Å². The van der Waals surface area contributed by atoms with E-state index in [9.17, 15) is 10.1 Å². The number of allylic oxidation sites excluding steroid dienone is 1. The van der Waals surface area contributed by atoms with Crippen LogP contribution < -0.4 is 0 Å². The quantitative estimate of drug-likeness (QED) is 0.518. The number of rotatable bonds is 1. The van der Waals surface area contributed by atoms with Gasteiger partial charge in [0.25, 0.3) is 0 Å². The summed E-state index contributed by atoms with van der Waals surface area (Å²) in [5.41, 5.74) is 0.646. The zero-order valence-electron chi connectivity index (χ0n) is 7.91. The number of hydrogen-bond acceptors (Lipinski definition) is 2. The Kier molecular flexibility index (Phi) is 3.56. The number of hydrogen-bond donors (Lipinski definition) is 0. The van der Waals surface area contributed by atoms with E-state index in [1.54, 1.807) is 19.1 Å². The van der Waals surface area contributed by atoms with Gasteiger partial charge in [-0.25, -0.2) is 0 Å². The van der Waals surface area contributed by atoms with Crippen molar-refractivity contribution in [2.75, 3.05) is 0 Å². The molecule has 3 atom stereocenters. The fourth-order valence-electron chi connectivity index (χ4n) is 1.77. The average Bonchev–Trinajstić information content (AvgIpc) is 2.02. The second-order valence-corrected chi connectivity index (χ2v) is 4.45. The lowest BCUT2D eigenvalue weighted by Gasteiger charge is -2.25. The lowest BCUT2D eigenvalue weighted by atomic mass is 9.81. The van der Waals surface area contributed by atoms with E-state index in [1.807, 2.05) is 6.92 Å². The van der Waals surface area contributed by atoms with E-state index in [-0.39, 0.29) is 21.3 Å². The molecule has 0 N–H and O–H groups in total. The van der Waals surface area contributed by atoms with E-state index in [1.165, 1.54) is 0 Å². The molecule has 5 heteroatoms. The molecule has 0 aromatic rings. The van der Waals surface area contributed by atoms with Crippen LogP contribution in [-0.2, 0) is 0 Å². The van der Waals surface area contributed by atoms with Crippen molar-refractivity contribution in [3.8, 4) is 0 Å². The maximum absolute atomic E-state index is 10.8. The first kappa shape index (κ1) is 11.5. The Morgan fingerprint density at radius 3 is 2.50 bits per heavy atom. The molecule has 0 heterocycles. The minimum absolute atomic E-state index is 0.0866. The van der Waals surface area contributed by atoms with Crippen molar-refractivity contribution >= 4 is 23.2 Å². The minimum atomic E-state index is -0.637. The molecule has 1 aliphatic carbocycles. The standard InChI is InChI=1S/C9H11Cl2NO2/c1-5-3-4-7(9(10)11)6(2)8(5)12(13)14/h3-6,8H,1-2H3/t5-,6+,8-/m0/s1. The second kappa shape index (κ2) is 4.32. The molecule has 0 bridgehead atoms. The van der Waals surface area contributed by atoms with E-state index in [0.29, 0.717) is 5.57 Å². The van der Waals surface area contributed by atoms with Crippen LogP contribution in [0.15, 0.2) is 22.2 Å². The van der Waals surface area contributed by atoms with Gasteiger partial charge in [0, 0.05) is 10.8 Å². The Labute approximate surface area is 92.5 Å². The highest BCUT2D eigenvalue weighted by atomic mass is 35.5. The molecule has 0 amide bonds. The number of nitrogens with zero attached hydrogens (tertiary/aromatic N) is 1. The van der Waals surface area contributed by atoms with Gasteiger partial charge < -0.3 is 0 Å². The first-order valence-corrected chi connectivity index (χ1v) is 5.07. The van der Waals surface area contributed by atoms with Gasteiger partial charge in [-0.15, -0.1) is 0 Å². The van der Waals surface area contributed by atoms with Crippen molar-refractivity contribution in [3.05, 3.63) is 32.3 Å². The van der Waals surface area contributed by atoms with E-state index in [4.69, 9.17) is 23.2 Å². The van der Waals surface area contributed by atoms with Gasteiger partial charge in [-0.3, -0.25) is 10.1 Å². The van der Waals surface area contributed by atoms with E-state index < -0.39 is 6.04 Å². The molecular formula is C9H11Cl2NO2. The molecule has 0 aliphatic heterocycles. The monoisotopic (exact) mass is 235 g/mol. The average molecular weight is 236 g/mol. The maximum Gasteiger partial charge on any atom is 0.225 e. The van der Waals surface area contributed by atoms with Gasteiger partial charge in [0.05, 0.1) is 5.92 Å². The summed E-state index contributed by atoms with van der Waals surface area (Å²) in [4.78, 5) is 10.5. The molecule has 0 saturated heterocycles. The van der Waals surface area contributed by atoms with Crippen LogP contribution in [0.2, 0.25) is 0 Å². The highest BCUT2D eigenvalue weighted by Gasteiger charge is 2.37. The Hall–Kier alpha value is -0.540. The topological polar surface area (TPSA) is 43.1 Å². The molecule has 0 radical (unpaired) electrons. The lowest BCUT2D eigenvalue weighted by Crippen LogP contribution is -2.36. The fourth-order valence-corrected chi connectivity index (χ4v) is 2.24. The summed E-state index contributed by atoms with van der Waals surface area (Å²) < 4.78 is 0.118. The molecule has 0 saturated carbocycles. The number of nitro groups is 1. The largest absolute Gasteiger partial charge is 0.264 e. The van der Waals surface area contributed by atoms with Crippen LogP contribution in [-0.4, -0.2) is 11.0 Å². The first-order valence-electron chi connectivity index (χ1n) is 4.32. The van der Waals surface area contributed by atoms with Crippen LogP contribution in [0.3, 0.4) is 0 Å². The minimum Gasteiger partial charge on any atom is -0.264 e. The molecule has 0 unspecified atom stereocenters. The summed E-state index contributed by atoms with van der Waals surface area (Å²) in [6, 6.07) is -0.637. The first-order chi connectivity index (χ1) is 6.45. The highest BCUT2D eigenvalue weighted by molar-refractivity contribution is 6.56. The molecule has 0 spiro atoms. The molecule has 3 nitrogen and oxygen atoms in total. The molecule has 78 valence electrons. The summed E-state index contributed by atoms with van der Waals surface area (Å²) in [7, 11) is 0. The molecule has 1 rings (SSSR count). The van der Waals surface area contributed by atoms with Crippen molar-refractivity contribution in [3.63, 3.8) is 0 Å². The molecule has 0 fully saturated rings. The second-order valence-electron chi connectivity index (χ2n) is 3.50. The zero-order valence-corrected chi connectivity index (χ0v) is 9.42. The predicted octanol–water partition coefficient (Wildman–Crippen LogP) is 3.16. The Morgan fingerprint density at radius 2 is 2.07 bits per heavy atom. The van der Waals surface area contributed by atoms with Gasteiger partial charge in [0.1, 0.15) is 4.49 Å². The Bertz CT molecular complexity index is 308. The zero-order chi connectivity index (χ0) is 10.9. The summed E-state index contributed by atoms with van der Waals surface area (Å²) in [5.74, 6) is -0.327. The third-order valence-corrected chi connectivity index (χ3v) is 3.02. The number of halogens is 2.